The first-order chi connectivity index (χ1) is 17.7. The van der Waals surface area contributed by atoms with Crippen molar-refractivity contribution >= 4 is 35.0 Å². The minimum atomic E-state index is -4.51. The number of halogens is 3. The van der Waals surface area contributed by atoms with E-state index in [1.807, 2.05) is 22.2 Å². The number of likely N-dealkylation sites (N-methyl/N-ethyl adjacent to an activating group) is 1. The van der Waals surface area contributed by atoms with E-state index in [1.165, 1.54) is 12.4 Å². The highest BCUT2D eigenvalue weighted by atomic mass is 19.4. The van der Waals surface area contributed by atoms with Gasteiger partial charge in [-0.05, 0) is 7.05 Å². The molecule has 2 aliphatic rings. The zero-order chi connectivity index (χ0) is 26.2. The van der Waals surface area contributed by atoms with Gasteiger partial charge in [-0.25, -0.2) is 29.7 Å². The molecule has 1 amide bonds. The van der Waals surface area contributed by atoms with Crippen LogP contribution >= 0.6 is 0 Å². The molecule has 13 nitrogen and oxygen atoms in total. The van der Waals surface area contributed by atoms with Crippen LogP contribution in [0.5, 0.6) is 0 Å². The van der Waals surface area contributed by atoms with Crippen LogP contribution in [0.3, 0.4) is 0 Å². The third-order valence-corrected chi connectivity index (χ3v) is 6.12. The molecule has 0 aliphatic carbocycles. The van der Waals surface area contributed by atoms with Crippen molar-refractivity contribution in [2.24, 2.45) is 0 Å². The number of alkyl halides is 3. The summed E-state index contributed by atoms with van der Waals surface area (Å²) >= 11 is 0. The van der Waals surface area contributed by atoms with Crippen molar-refractivity contribution in [1.29, 1.82) is 0 Å². The van der Waals surface area contributed by atoms with Crippen molar-refractivity contribution < 1.29 is 27.8 Å². The third kappa shape index (κ3) is 5.48. The molecule has 37 heavy (non-hydrogen) atoms. The summed E-state index contributed by atoms with van der Waals surface area (Å²) in [6.07, 6.45) is -3.21. The number of anilines is 3. The number of ether oxygens (including phenoxy) is 1. The van der Waals surface area contributed by atoms with E-state index in [1.54, 1.807) is 0 Å². The monoisotopic (exact) mass is 522 g/mol. The molecule has 0 radical (unpaired) electrons. The molecule has 0 atom stereocenters. The smallest absolute Gasteiger partial charge is 0.411 e. The number of hydrogen-bond donors (Lipinski definition) is 2. The molecule has 0 bridgehead atoms. The maximum absolute atomic E-state index is 13.8. The van der Waals surface area contributed by atoms with Crippen molar-refractivity contribution in [3.05, 3.63) is 12.4 Å². The quantitative estimate of drug-likeness (QED) is 0.505. The Labute approximate surface area is 208 Å². The van der Waals surface area contributed by atoms with Gasteiger partial charge in [0.25, 0.3) is 0 Å². The highest BCUT2D eigenvalue weighted by molar-refractivity contribution is 5.88. The van der Waals surface area contributed by atoms with Gasteiger partial charge < -0.3 is 24.5 Å². The summed E-state index contributed by atoms with van der Waals surface area (Å²) in [5, 5.41) is 10.9. The molecular formula is C21H25F3N10O3. The molecule has 16 heteroatoms. The van der Waals surface area contributed by atoms with Crippen molar-refractivity contribution in [2.45, 2.75) is 12.7 Å². The number of fused-ring (bicyclic) bond motifs is 1. The number of nitrogens with one attached hydrogen (secondary N) is 1. The van der Waals surface area contributed by atoms with Crippen molar-refractivity contribution in [3.8, 4) is 11.4 Å². The maximum Gasteiger partial charge on any atom is 0.411 e. The number of aromatic nitrogens is 6. The summed E-state index contributed by atoms with van der Waals surface area (Å²) in [5.41, 5.74) is 0.632. The number of hydrogen-bond acceptors (Lipinski definition) is 10. The van der Waals surface area contributed by atoms with Crippen LogP contribution in [0.4, 0.5) is 35.7 Å². The molecule has 3 aromatic heterocycles. The lowest BCUT2D eigenvalue weighted by Crippen LogP contribution is -2.45. The van der Waals surface area contributed by atoms with E-state index in [9.17, 15) is 18.0 Å². The fourth-order valence-corrected chi connectivity index (χ4v) is 4.28. The van der Waals surface area contributed by atoms with Gasteiger partial charge in [0.05, 0.1) is 18.8 Å². The van der Waals surface area contributed by atoms with Crippen molar-refractivity contribution in [3.63, 3.8) is 0 Å². The highest BCUT2D eigenvalue weighted by Gasteiger charge is 2.34. The van der Waals surface area contributed by atoms with Gasteiger partial charge in [0.15, 0.2) is 22.8 Å². The number of piperazine rings is 1. The Morgan fingerprint density at radius 1 is 1.03 bits per heavy atom. The van der Waals surface area contributed by atoms with Crippen LogP contribution in [0.2, 0.25) is 0 Å². The minimum absolute atomic E-state index is 0.0467. The normalized spacial score (nSPS) is 17.4. The zero-order valence-corrected chi connectivity index (χ0v) is 19.9. The first-order valence-electron chi connectivity index (χ1n) is 11.6. The molecule has 5 rings (SSSR count). The number of carboxylic acid groups (broad SMARTS) is 1. The molecule has 0 saturated carbocycles. The predicted molar refractivity (Wildman–Crippen MR) is 127 cm³/mol. The standard InChI is InChI=1S/C21H25F3N10O3/c1-31-2-4-33(5-3-31)19-27-14-16(32-6-8-37-9-7-32)28-15(29-17(14)34(19)12-21(22,23)24)13-10-25-18(26-11-13)30-20(35)36/h10-11H,2-9,12H2,1H3,(H,35,36)(H,25,26,30). The summed E-state index contributed by atoms with van der Waals surface area (Å²) in [6.45, 7) is 3.02. The van der Waals surface area contributed by atoms with E-state index in [0.29, 0.717) is 63.9 Å². The number of carbonyl (C=O) groups is 1. The molecule has 2 aliphatic heterocycles. The number of morpholine rings is 1. The Kier molecular flexibility index (Phi) is 6.68. The van der Waals surface area contributed by atoms with Gasteiger partial charge >= 0.3 is 12.3 Å². The average Bonchev–Trinajstić information content (AvgIpc) is 3.21. The van der Waals surface area contributed by atoms with Gasteiger partial charge in [-0.3, -0.25) is 9.88 Å². The predicted octanol–water partition coefficient (Wildman–Crippen LogP) is 1.52. The molecule has 198 valence electrons. The zero-order valence-electron chi connectivity index (χ0n) is 19.9. The Morgan fingerprint density at radius 3 is 2.32 bits per heavy atom. The SMILES string of the molecule is CN1CCN(c2nc3c(N4CCOCC4)nc(-c4cnc(NC(=O)O)nc4)nc3n2CC(F)(F)F)CC1. The highest BCUT2D eigenvalue weighted by Crippen LogP contribution is 2.33. The van der Waals surface area contributed by atoms with E-state index >= 15 is 0 Å². The summed E-state index contributed by atoms with van der Waals surface area (Å²) in [5.74, 6) is 0.542. The molecule has 2 fully saturated rings. The summed E-state index contributed by atoms with van der Waals surface area (Å²) in [6, 6.07) is 0. The Hall–Kier alpha value is -3.79. The van der Waals surface area contributed by atoms with E-state index in [2.05, 4.69) is 29.8 Å². The molecule has 0 unspecified atom stereocenters. The Morgan fingerprint density at radius 2 is 1.70 bits per heavy atom. The number of imidazole rings is 1. The van der Waals surface area contributed by atoms with Crippen molar-refractivity contribution in [1.82, 2.24) is 34.4 Å². The lowest BCUT2D eigenvalue weighted by molar-refractivity contribution is -0.139. The van der Waals surface area contributed by atoms with Gasteiger partial charge in [-0.15, -0.1) is 0 Å². The summed E-state index contributed by atoms with van der Waals surface area (Å²) in [4.78, 5) is 38.4. The van der Waals surface area contributed by atoms with Gasteiger partial charge in [0.2, 0.25) is 11.9 Å². The Balaban J connectivity index is 1.66. The molecule has 0 aromatic carbocycles. The fourth-order valence-electron chi connectivity index (χ4n) is 4.28. The van der Waals surface area contributed by atoms with Crippen LogP contribution in [0.1, 0.15) is 0 Å². The maximum atomic E-state index is 13.8. The van der Waals surface area contributed by atoms with Crippen LogP contribution in [-0.2, 0) is 11.3 Å². The number of nitrogens with zero attached hydrogens (tertiary/aromatic N) is 9. The lowest BCUT2D eigenvalue weighted by atomic mass is 10.3. The second-order valence-corrected chi connectivity index (χ2v) is 8.77. The van der Waals surface area contributed by atoms with Crippen LogP contribution in [0, 0.1) is 0 Å². The average molecular weight is 522 g/mol. The van der Waals surface area contributed by atoms with Gasteiger partial charge in [0.1, 0.15) is 6.54 Å². The first-order valence-corrected chi connectivity index (χ1v) is 11.6. The van der Waals surface area contributed by atoms with Gasteiger partial charge in [-0.2, -0.15) is 13.2 Å². The lowest BCUT2D eigenvalue weighted by Gasteiger charge is -2.33. The second kappa shape index (κ2) is 9.93. The third-order valence-electron chi connectivity index (χ3n) is 6.12. The summed E-state index contributed by atoms with van der Waals surface area (Å²) in [7, 11) is 1.96. The fraction of sp³-hybridized carbons (Fsp3) is 0.524. The molecule has 0 spiro atoms. The molecule has 3 aromatic rings. The molecule has 2 saturated heterocycles. The van der Waals surface area contributed by atoms with Crippen LogP contribution in [0.25, 0.3) is 22.6 Å². The summed E-state index contributed by atoms with van der Waals surface area (Å²) < 4.78 is 47.8. The second-order valence-electron chi connectivity index (χ2n) is 8.77. The van der Waals surface area contributed by atoms with Crippen LogP contribution in [0.15, 0.2) is 12.4 Å². The minimum Gasteiger partial charge on any atom is -0.465 e. The number of rotatable bonds is 5. The first kappa shape index (κ1) is 24.9. The Bertz CT molecular complexity index is 1270. The van der Waals surface area contributed by atoms with Crippen LogP contribution < -0.4 is 15.1 Å². The van der Waals surface area contributed by atoms with E-state index < -0.39 is 18.8 Å². The largest absolute Gasteiger partial charge is 0.465 e. The molecule has 2 N–H and O–H groups in total. The topological polar surface area (TPSA) is 138 Å². The van der Waals surface area contributed by atoms with Crippen LogP contribution in [-0.4, -0.2) is 111 Å². The van der Waals surface area contributed by atoms with Crippen molar-refractivity contribution in [2.75, 3.05) is 74.6 Å². The number of amides is 1. The van der Waals surface area contributed by atoms with E-state index in [0.717, 1.165) is 4.57 Å². The van der Waals surface area contributed by atoms with E-state index in [4.69, 9.17) is 9.84 Å². The van der Waals surface area contributed by atoms with Gasteiger partial charge in [0, 0.05) is 51.7 Å². The molecule has 5 heterocycles. The van der Waals surface area contributed by atoms with E-state index in [-0.39, 0.29) is 28.9 Å². The van der Waals surface area contributed by atoms with Gasteiger partial charge in [-0.1, -0.05) is 0 Å². The molecular weight excluding hydrogens is 497 g/mol.